The van der Waals surface area contributed by atoms with Gasteiger partial charge in [-0.05, 0) is 23.6 Å². The normalized spacial score (nSPS) is 16.7. The Bertz CT molecular complexity index is 1040. The van der Waals surface area contributed by atoms with Gasteiger partial charge in [0, 0.05) is 4.88 Å². The zero-order valence-electron chi connectivity index (χ0n) is 11.8. The summed E-state index contributed by atoms with van der Waals surface area (Å²) < 4.78 is 11.1. The summed E-state index contributed by atoms with van der Waals surface area (Å²) in [5.74, 6) is -0.165. The zero-order valence-corrected chi connectivity index (χ0v) is 12.6. The minimum absolute atomic E-state index is 0.0200. The average Bonchev–Trinajstić information content (AvgIpc) is 3.08. The van der Waals surface area contributed by atoms with Crippen LogP contribution in [0.15, 0.2) is 62.4 Å². The topological polar surface area (TPSA) is 89.3 Å². The van der Waals surface area contributed by atoms with Crippen molar-refractivity contribution in [2.24, 2.45) is 5.73 Å². The molecule has 6 heteroatoms. The number of nitriles is 1. The molecule has 112 valence electrons. The van der Waals surface area contributed by atoms with Gasteiger partial charge in [0.25, 0.3) is 0 Å². The van der Waals surface area contributed by atoms with Crippen molar-refractivity contribution in [1.82, 2.24) is 0 Å². The second-order valence-corrected chi connectivity index (χ2v) is 6.05. The molecule has 0 aliphatic carbocycles. The van der Waals surface area contributed by atoms with E-state index in [0.29, 0.717) is 22.3 Å². The van der Waals surface area contributed by atoms with Crippen LogP contribution in [0.25, 0.3) is 11.0 Å². The maximum atomic E-state index is 12.5. The Morgan fingerprint density at radius 2 is 2.04 bits per heavy atom. The van der Waals surface area contributed by atoms with E-state index < -0.39 is 11.5 Å². The van der Waals surface area contributed by atoms with Crippen molar-refractivity contribution < 1.29 is 9.15 Å². The van der Waals surface area contributed by atoms with Gasteiger partial charge in [0.1, 0.15) is 11.7 Å². The second-order valence-electron chi connectivity index (χ2n) is 5.08. The molecule has 4 rings (SSSR count). The van der Waals surface area contributed by atoms with Crippen LogP contribution in [0.4, 0.5) is 0 Å². The highest BCUT2D eigenvalue weighted by Crippen LogP contribution is 2.43. The monoisotopic (exact) mass is 322 g/mol. The highest BCUT2D eigenvalue weighted by atomic mass is 32.1. The van der Waals surface area contributed by atoms with E-state index in [-0.39, 0.29) is 11.5 Å². The van der Waals surface area contributed by atoms with Gasteiger partial charge in [0.05, 0.1) is 22.6 Å². The number of ether oxygens (including phenoxy) is 1. The van der Waals surface area contributed by atoms with Crippen LogP contribution in [0.3, 0.4) is 0 Å². The summed E-state index contributed by atoms with van der Waals surface area (Å²) in [5.41, 5.74) is 6.59. The largest absolute Gasteiger partial charge is 0.443 e. The highest BCUT2D eigenvalue weighted by molar-refractivity contribution is 7.10. The average molecular weight is 322 g/mol. The predicted octanol–water partition coefficient (Wildman–Crippen LogP) is 3.07. The van der Waals surface area contributed by atoms with Crippen LogP contribution in [-0.2, 0) is 0 Å². The Hall–Kier alpha value is -3.04. The number of para-hydroxylation sites is 1. The summed E-state index contributed by atoms with van der Waals surface area (Å²) in [5, 5.41) is 11.9. The summed E-state index contributed by atoms with van der Waals surface area (Å²) >= 11 is 1.46. The molecule has 0 saturated carbocycles. The Balaban J connectivity index is 2.11. The molecule has 0 bridgehead atoms. The molecule has 1 atom stereocenters. The lowest BCUT2D eigenvalue weighted by molar-refractivity contribution is 0.408. The highest BCUT2D eigenvalue weighted by Gasteiger charge is 2.35. The summed E-state index contributed by atoms with van der Waals surface area (Å²) in [6, 6.07) is 12.8. The lowest BCUT2D eigenvalue weighted by Gasteiger charge is -2.25. The molecule has 0 spiro atoms. The molecule has 1 unspecified atom stereocenters. The standard InChI is InChI=1S/C17H10N2O3S/c18-8-11-15(19)13(12-6-3-7-23-12)14-16(21-11)9-4-1-2-5-10(9)22-17(14)20/h1-7,13H,19H2. The molecule has 5 nitrogen and oxygen atoms in total. The van der Waals surface area contributed by atoms with Crippen molar-refractivity contribution >= 4 is 22.3 Å². The number of nitrogens with zero attached hydrogens (tertiary/aromatic N) is 1. The van der Waals surface area contributed by atoms with Crippen molar-refractivity contribution in [3.05, 3.63) is 74.1 Å². The minimum Gasteiger partial charge on any atom is -0.443 e. The predicted molar refractivity (Wildman–Crippen MR) is 86.1 cm³/mol. The van der Waals surface area contributed by atoms with E-state index in [1.54, 1.807) is 18.2 Å². The van der Waals surface area contributed by atoms with Crippen molar-refractivity contribution in [2.45, 2.75) is 5.92 Å². The third-order valence-electron chi connectivity index (χ3n) is 3.79. The molecule has 0 fully saturated rings. The molecular weight excluding hydrogens is 312 g/mol. The number of thiophene rings is 1. The number of hydrogen-bond acceptors (Lipinski definition) is 6. The fraction of sp³-hybridized carbons (Fsp3) is 0.0588. The Labute approximate surface area is 134 Å². The van der Waals surface area contributed by atoms with E-state index in [1.807, 2.05) is 29.6 Å². The Kier molecular flexibility index (Phi) is 2.96. The van der Waals surface area contributed by atoms with Crippen molar-refractivity contribution in [3.63, 3.8) is 0 Å². The van der Waals surface area contributed by atoms with E-state index in [9.17, 15) is 10.1 Å². The minimum atomic E-state index is -0.533. The van der Waals surface area contributed by atoms with E-state index in [1.165, 1.54) is 11.3 Å². The van der Waals surface area contributed by atoms with Gasteiger partial charge in [0.15, 0.2) is 5.75 Å². The lowest BCUT2D eigenvalue weighted by Crippen LogP contribution is -2.26. The number of allylic oxidation sites excluding steroid dienone is 2. The molecule has 3 aromatic rings. The lowest BCUT2D eigenvalue weighted by atomic mass is 9.91. The second kappa shape index (κ2) is 5.00. The van der Waals surface area contributed by atoms with Crippen LogP contribution in [0, 0.1) is 11.3 Å². The quantitative estimate of drug-likeness (QED) is 0.695. The summed E-state index contributed by atoms with van der Waals surface area (Å²) in [6.45, 7) is 0. The maximum absolute atomic E-state index is 12.5. The Morgan fingerprint density at radius 1 is 1.22 bits per heavy atom. The summed E-state index contributed by atoms with van der Waals surface area (Å²) in [6.07, 6.45) is 0. The summed E-state index contributed by atoms with van der Waals surface area (Å²) in [4.78, 5) is 13.4. The van der Waals surface area contributed by atoms with E-state index in [4.69, 9.17) is 14.9 Å². The number of nitrogens with two attached hydrogens (primary N) is 1. The SMILES string of the molecule is N#CC1=C(N)C(c2cccs2)c2c(c3ccccc3oc2=O)O1. The maximum Gasteiger partial charge on any atom is 0.344 e. The summed E-state index contributed by atoms with van der Waals surface area (Å²) in [7, 11) is 0. The molecule has 1 aromatic carbocycles. The van der Waals surface area contributed by atoms with Crippen molar-refractivity contribution in [2.75, 3.05) is 0 Å². The molecule has 2 aromatic heterocycles. The molecular formula is C17H10N2O3S. The van der Waals surface area contributed by atoms with E-state index in [2.05, 4.69) is 0 Å². The third-order valence-corrected chi connectivity index (χ3v) is 4.73. The van der Waals surface area contributed by atoms with Gasteiger partial charge in [-0.2, -0.15) is 5.26 Å². The smallest absolute Gasteiger partial charge is 0.344 e. The van der Waals surface area contributed by atoms with Crippen LogP contribution >= 0.6 is 11.3 Å². The third kappa shape index (κ3) is 1.94. The van der Waals surface area contributed by atoms with Crippen LogP contribution in [-0.4, -0.2) is 0 Å². The van der Waals surface area contributed by atoms with Gasteiger partial charge in [-0.1, -0.05) is 18.2 Å². The molecule has 1 aliphatic rings. The van der Waals surface area contributed by atoms with Gasteiger partial charge in [0.2, 0.25) is 5.76 Å². The number of benzene rings is 1. The zero-order chi connectivity index (χ0) is 16.0. The number of fused-ring (bicyclic) bond motifs is 3. The van der Waals surface area contributed by atoms with Crippen LogP contribution < -0.4 is 16.1 Å². The first-order valence-corrected chi connectivity index (χ1v) is 7.75. The molecule has 23 heavy (non-hydrogen) atoms. The molecule has 3 heterocycles. The first-order chi connectivity index (χ1) is 11.2. The van der Waals surface area contributed by atoms with E-state index in [0.717, 1.165) is 4.88 Å². The first-order valence-electron chi connectivity index (χ1n) is 6.87. The van der Waals surface area contributed by atoms with Gasteiger partial charge in [-0.3, -0.25) is 0 Å². The van der Waals surface area contributed by atoms with E-state index >= 15 is 0 Å². The van der Waals surface area contributed by atoms with Crippen molar-refractivity contribution in [1.29, 1.82) is 5.26 Å². The van der Waals surface area contributed by atoms with Gasteiger partial charge < -0.3 is 14.9 Å². The van der Waals surface area contributed by atoms with Gasteiger partial charge >= 0.3 is 5.63 Å². The van der Waals surface area contributed by atoms with Crippen LogP contribution in [0.2, 0.25) is 0 Å². The van der Waals surface area contributed by atoms with Crippen LogP contribution in [0.5, 0.6) is 5.75 Å². The fourth-order valence-corrected chi connectivity index (χ4v) is 3.63. The van der Waals surface area contributed by atoms with Gasteiger partial charge in [-0.15, -0.1) is 11.3 Å². The molecule has 0 saturated heterocycles. The van der Waals surface area contributed by atoms with Gasteiger partial charge in [-0.25, -0.2) is 4.79 Å². The molecule has 1 aliphatic heterocycles. The van der Waals surface area contributed by atoms with Crippen molar-refractivity contribution in [3.8, 4) is 11.8 Å². The molecule has 2 N–H and O–H groups in total. The number of rotatable bonds is 1. The fourth-order valence-electron chi connectivity index (χ4n) is 2.78. The number of hydrogen-bond donors (Lipinski definition) is 1. The first kappa shape index (κ1) is 13.6. The molecule has 0 amide bonds. The van der Waals surface area contributed by atoms with Crippen LogP contribution in [0.1, 0.15) is 16.4 Å². The Morgan fingerprint density at radius 3 is 2.78 bits per heavy atom. The molecule has 0 radical (unpaired) electrons.